The molecule has 0 unspecified atom stereocenters. The van der Waals surface area contributed by atoms with E-state index in [1.807, 2.05) is 26.0 Å². The number of rotatable bonds is 6. The summed E-state index contributed by atoms with van der Waals surface area (Å²) in [6, 6.07) is 3.90. The van der Waals surface area contributed by atoms with Gasteiger partial charge in [-0.2, -0.15) is 0 Å². The molecule has 1 saturated carbocycles. The van der Waals surface area contributed by atoms with Crippen molar-refractivity contribution in [2.24, 2.45) is 5.73 Å². The van der Waals surface area contributed by atoms with Crippen LogP contribution in [0.2, 0.25) is 0 Å². The van der Waals surface area contributed by atoms with Crippen molar-refractivity contribution in [3.8, 4) is 17.2 Å². The predicted molar refractivity (Wildman–Crippen MR) is 107 cm³/mol. The lowest BCUT2D eigenvalue weighted by Gasteiger charge is -2.23. The van der Waals surface area contributed by atoms with Gasteiger partial charge >= 0.3 is 0 Å². The molecule has 3 rings (SSSR count). The van der Waals surface area contributed by atoms with Gasteiger partial charge in [0.25, 0.3) is 6.47 Å². The van der Waals surface area contributed by atoms with Crippen LogP contribution in [0.15, 0.2) is 16.7 Å². The number of pyridine rings is 1. The van der Waals surface area contributed by atoms with Crippen molar-refractivity contribution in [3.63, 3.8) is 0 Å². The van der Waals surface area contributed by atoms with Gasteiger partial charge in [-0.15, -0.1) is 0 Å². The molecular weight excluding hydrogens is 358 g/mol. The zero-order valence-electron chi connectivity index (χ0n) is 17.2. The largest absolute Gasteiger partial charge is 0.489 e. The summed E-state index contributed by atoms with van der Waals surface area (Å²) < 4.78 is 15.9. The van der Waals surface area contributed by atoms with E-state index in [0.29, 0.717) is 24.9 Å². The number of nitrogens with two attached hydrogens (primary N) is 1. The van der Waals surface area contributed by atoms with Crippen LogP contribution in [0.4, 0.5) is 0 Å². The molecule has 154 valence electrons. The Hall–Kier alpha value is -2.41. The van der Waals surface area contributed by atoms with Crippen molar-refractivity contribution in [3.05, 3.63) is 29.1 Å². The van der Waals surface area contributed by atoms with Gasteiger partial charge < -0.3 is 19.7 Å². The summed E-state index contributed by atoms with van der Waals surface area (Å²) in [5.41, 5.74) is 9.14. The minimum absolute atomic E-state index is 0.0301. The Labute approximate surface area is 166 Å². The second kappa shape index (κ2) is 10.8. The van der Waals surface area contributed by atoms with Gasteiger partial charge in [-0.05, 0) is 65.5 Å². The van der Waals surface area contributed by atoms with Crippen molar-refractivity contribution in [1.29, 1.82) is 0 Å². The van der Waals surface area contributed by atoms with Crippen molar-refractivity contribution >= 4 is 6.47 Å². The van der Waals surface area contributed by atoms with Crippen LogP contribution in [-0.2, 0) is 16.1 Å². The quantitative estimate of drug-likeness (QED) is 0.743. The number of hydrogen-bond donors (Lipinski definition) is 1. The number of aromatic nitrogens is 2. The summed E-state index contributed by atoms with van der Waals surface area (Å²) in [7, 11) is 0. The molecule has 1 aliphatic rings. The maximum atomic E-state index is 9.39. The molecule has 2 aromatic heterocycles. The number of hydrogen-bond acceptors (Lipinski definition) is 7. The fraction of sp³-hybridized carbons (Fsp3) is 0.571. The van der Waals surface area contributed by atoms with E-state index in [9.17, 15) is 4.79 Å². The summed E-state index contributed by atoms with van der Waals surface area (Å²) >= 11 is 0. The van der Waals surface area contributed by atoms with Crippen LogP contribution in [0.25, 0.3) is 11.5 Å². The molecule has 1 aliphatic carbocycles. The van der Waals surface area contributed by atoms with Crippen LogP contribution in [-0.4, -0.2) is 28.8 Å². The standard InChI is InChI=1S/C17H23N3O2.C4H8O2/c1-11-14(10-18)17(22-20-11)15-8-9-16(12(2)19-15)21-13-6-4-3-5-7-13;1-4(2)6-3-5/h8-9,13H,3-7,10,18H2,1-2H3;3-4H,1-2H3. The maximum Gasteiger partial charge on any atom is 0.293 e. The number of carbonyl (C=O) groups is 1. The fourth-order valence-electron chi connectivity index (χ4n) is 3.10. The van der Waals surface area contributed by atoms with Gasteiger partial charge in [-0.1, -0.05) is 11.6 Å². The van der Waals surface area contributed by atoms with Gasteiger partial charge in [0.05, 0.1) is 23.6 Å². The molecule has 1 fully saturated rings. The van der Waals surface area contributed by atoms with Gasteiger partial charge in [-0.25, -0.2) is 4.98 Å². The first-order valence-electron chi connectivity index (χ1n) is 9.85. The highest BCUT2D eigenvalue weighted by Crippen LogP contribution is 2.29. The molecule has 2 heterocycles. The monoisotopic (exact) mass is 389 g/mol. The first-order chi connectivity index (χ1) is 13.5. The van der Waals surface area contributed by atoms with E-state index in [0.717, 1.165) is 41.2 Å². The van der Waals surface area contributed by atoms with Crippen LogP contribution in [0, 0.1) is 13.8 Å². The lowest BCUT2D eigenvalue weighted by molar-refractivity contribution is -0.131. The Morgan fingerprint density at radius 2 is 1.93 bits per heavy atom. The molecule has 0 radical (unpaired) electrons. The molecule has 28 heavy (non-hydrogen) atoms. The Morgan fingerprint density at radius 3 is 2.46 bits per heavy atom. The molecule has 0 amide bonds. The summed E-state index contributed by atoms with van der Waals surface area (Å²) in [6.07, 6.45) is 6.47. The molecular formula is C21H31N3O4. The van der Waals surface area contributed by atoms with Crippen LogP contribution >= 0.6 is 0 Å². The number of ether oxygens (including phenoxy) is 2. The Morgan fingerprint density at radius 1 is 1.21 bits per heavy atom. The molecule has 0 bridgehead atoms. The van der Waals surface area contributed by atoms with E-state index in [2.05, 4.69) is 14.9 Å². The topological polar surface area (TPSA) is 100 Å². The predicted octanol–water partition coefficient (Wildman–Crippen LogP) is 4.09. The van der Waals surface area contributed by atoms with E-state index < -0.39 is 0 Å². The van der Waals surface area contributed by atoms with E-state index >= 15 is 0 Å². The first-order valence-corrected chi connectivity index (χ1v) is 9.85. The van der Waals surface area contributed by atoms with Crippen LogP contribution < -0.4 is 10.5 Å². The highest BCUT2D eigenvalue weighted by atomic mass is 16.5. The third-order valence-electron chi connectivity index (χ3n) is 4.63. The second-order valence-corrected chi connectivity index (χ2v) is 7.22. The molecule has 0 aliphatic heterocycles. The molecule has 2 N–H and O–H groups in total. The lowest BCUT2D eigenvalue weighted by Crippen LogP contribution is -2.20. The summed E-state index contributed by atoms with van der Waals surface area (Å²) in [6.45, 7) is 8.30. The van der Waals surface area contributed by atoms with Gasteiger partial charge in [0, 0.05) is 12.1 Å². The first kappa shape index (κ1) is 21.9. The maximum absolute atomic E-state index is 9.39. The Kier molecular flexibility index (Phi) is 8.44. The molecule has 0 aromatic carbocycles. The van der Waals surface area contributed by atoms with Crippen LogP contribution in [0.5, 0.6) is 5.75 Å². The number of nitrogens with zero attached hydrogens (tertiary/aromatic N) is 2. The fourth-order valence-corrected chi connectivity index (χ4v) is 3.10. The number of carbonyl (C=O) groups excluding carboxylic acids is 1. The molecule has 0 atom stereocenters. The number of aryl methyl sites for hydroxylation is 2. The van der Waals surface area contributed by atoms with Gasteiger partial charge in [0.15, 0.2) is 5.76 Å². The zero-order valence-corrected chi connectivity index (χ0v) is 17.2. The third kappa shape index (κ3) is 6.05. The SMILES string of the molecule is CC(C)OC=O.Cc1nc(-c2onc(C)c2CN)ccc1OC1CCCCC1. The van der Waals surface area contributed by atoms with E-state index in [4.69, 9.17) is 15.0 Å². The van der Waals surface area contributed by atoms with Crippen LogP contribution in [0.3, 0.4) is 0 Å². The van der Waals surface area contributed by atoms with E-state index in [1.54, 1.807) is 13.8 Å². The average Bonchev–Trinajstić information content (AvgIpc) is 3.05. The zero-order chi connectivity index (χ0) is 20.5. The van der Waals surface area contributed by atoms with Gasteiger partial charge in [0.1, 0.15) is 11.4 Å². The highest BCUT2D eigenvalue weighted by molar-refractivity contribution is 5.59. The second-order valence-electron chi connectivity index (χ2n) is 7.22. The normalized spacial score (nSPS) is 14.4. The Balaban J connectivity index is 0.000000409. The third-order valence-corrected chi connectivity index (χ3v) is 4.63. The summed E-state index contributed by atoms with van der Waals surface area (Å²) in [5.74, 6) is 1.52. The van der Waals surface area contributed by atoms with Crippen molar-refractivity contribution in [2.45, 2.75) is 78.6 Å². The minimum Gasteiger partial charge on any atom is -0.489 e. The highest BCUT2D eigenvalue weighted by Gasteiger charge is 2.18. The summed E-state index contributed by atoms with van der Waals surface area (Å²) in [4.78, 5) is 14.0. The van der Waals surface area contributed by atoms with Crippen molar-refractivity contribution in [2.75, 3.05) is 0 Å². The van der Waals surface area contributed by atoms with Gasteiger partial charge in [0.2, 0.25) is 0 Å². The van der Waals surface area contributed by atoms with Gasteiger partial charge in [-0.3, -0.25) is 4.79 Å². The molecule has 0 spiro atoms. The Bertz CT molecular complexity index is 752. The molecule has 7 nitrogen and oxygen atoms in total. The smallest absolute Gasteiger partial charge is 0.293 e. The molecule has 2 aromatic rings. The van der Waals surface area contributed by atoms with E-state index in [-0.39, 0.29) is 6.10 Å². The van der Waals surface area contributed by atoms with Crippen molar-refractivity contribution in [1.82, 2.24) is 10.1 Å². The summed E-state index contributed by atoms with van der Waals surface area (Å²) in [5, 5.41) is 3.98. The van der Waals surface area contributed by atoms with Crippen molar-refractivity contribution < 1.29 is 18.8 Å². The molecule has 0 saturated heterocycles. The molecule has 7 heteroatoms. The average molecular weight is 389 g/mol. The van der Waals surface area contributed by atoms with E-state index in [1.165, 1.54) is 19.3 Å². The van der Waals surface area contributed by atoms with Crippen LogP contribution in [0.1, 0.15) is 62.9 Å². The lowest BCUT2D eigenvalue weighted by atomic mass is 9.98. The minimum atomic E-state index is 0.0301.